The average Bonchev–Trinajstić information content (AvgIpc) is 2.69. The summed E-state index contributed by atoms with van der Waals surface area (Å²) < 4.78 is 12.9. The van der Waals surface area contributed by atoms with Crippen molar-refractivity contribution in [2.24, 2.45) is 0 Å². The van der Waals surface area contributed by atoms with Crippen LogP contribution in [0.5, 0.6) is 0 Å². The number of hydrogen-bond acceptors (Lipinski definition) is 1. The van der Waals surface area contributed by atoms with Crippen molar-refractivity contribution in [1.82, 2.24) is 0 Å². The number of aryl methyl sites for hydroxylation is 1. The summed E-state index contributed by atoms with van der Waals surface area (Å²) in [4.78, 5) is 1.41. The summed E-state index contributed by atoms with van der Waals surface area (Å²) in [6.45, 7) is 1.93. The van der Waals surface area contributed by atoms with Crippen LogP contribution in [0.1, 0.15) is 20.8 Å². The number of hydrogen-bond donors (Lipinski definition) is 0. The van der Waals surface area contributed by atoms with E-state index in [-0.39, 0.29) is 10.6 Å². The Hall–Kier alpha value is -0.670. The molecule has 1 heterocycles. The Bertz CT molecular complexity index is 451. The van der Waals surface area contributed by atoms with Gasteiger partial charge in [-0.15, -0.1) is 11.3 Å². The van der Waals surface area contributed by atoms with Gasteiger partial charge in [0.05, 0.1) is 4.83 Å². The van der Waals surface area contributed by atoms with Crippen LogP contribution in [0.4, 0.5) is 4.39 Å². The Labute approximate surface area is 101 Å². The molecule has 0 radical (unpaired) electrons. The molecule has 1 unspecified atom stereocenters. The maximum atomic E-state index is 12.9. The Morgan fingerprint density at radius 2 is 2.13 bits per heavy atom. The molecule has 0 nitrogen and oxygen atoms in total. The van der Waals surface area contributed by atoms with Crippen LogP contribution in [0.3, 0.4) is 0 Å². The zero-order chi connectivity index (χ0) is 10.8. The Balaban J connectivity index is 2.38. The highest BCUT2D eigenvalue weighted by atomic mass is 79.9. The number of halogens is 2. The molecule has 1 atom stereocenters. The lowest BCUT2D eigenvalue weighted by Gasteiger charge is -2.11. The molecule has 0 N–H and O–H groups in total. The molecule has 1 aromatic heterocycles. The van der Waals surface area contributed by atoms with Crippen LogP contribution in [0.25, 0.3) is 0 Å². The first-order valence-corrected chi connectivity index (χ1v) is 6.41. The Morgan fingerprint density at radius 3 is 2.73 bits per heavy atom. The van der Waals surface area contributed by atoms with Gasteiger partial charge in [-0.2, -0.15) is 0 Å². The maximum absolute atomic E-state index is 12.9. The fourth-order valence-corrected chi connectivity index (χ4v) is 3.22. The van der Waals surface area contributed by atoms with E-state index in [4.69, 9.17) is 0 Å². The minimum absolute atomic E-state index is 0.165. The summed E-state index contributed by atoms with van der Waals surface area (Å²) in [6, 6.07) is 9.01. The lowest BCUT2D eigenvalue weighted by molar-refractivity contribution is 0.626. The molecule has 0 aliphatic carbocycles. The SMILES string of the molecule is Cc1cc(F)ccc1C(Br)c1cccs1. The van der Waals surface area contributed by atoms with Gasteiger partial charge in [-0.3, -0.25) is 0 Å². The van der Waals surface area contributed by atoms with E-state index in [0.717, 1.165) is 11.1 Å². The smallest absolute Gasteiger partial charge is 0.123 e. The highest BCUT2D eigenvalue weighted by Crippen LogP contribution is 2.35. The Kier molecular flexibility index (Phi) is 3.22. The minimum Gasteiger partial charge on any atom is -0.207 e. The molecule has 1 aromatic carbocycles. The largest absolute Gasteiger partial charge is 0.207 e. The molecule has 78 valence electrons. The zero-order valence-corrected chi connectivity index (χ0v) is 10.6. The molecule has 0 fully saturated rings. The van der Waals surface area contributed by atoms with Gasteiger partial charge in [-0.1, -0.05) is 28.1 Å². The summed E-state index contributed by atoms with van der Waals surface area (Å²) >= 11 is 5.33. The van der Waals surface area contributed by atoms with Gasteiger partial charge in [0.2, 0.25) is 0 Å². The zero-order valence-electron chi connectivity index (χ0n) is 8.21. The molecule has 0 saturated carbocycles. The van der Waals surface area contributed by atoms with Gasteiger partial charge in [-0.05, 0) is 41.6 Å². The van der Waals surface area contributed by atoms with Crippen molar-refractivity contribution in [2.45, 2.75) is 11.8 Å². The highest BCUT2D eigenvalue weighted by molar-refractivity contribution is 9.09. The third-order valence-electron chi connectivity index (χ3n) is 2.30. The van der Waals surface area contributed by atoms with Crippen molar-refractivity contribution in [3.05, 3.63) is 57.5 Å². The molecular weight excluding hydrogens is 275 g/mol. The van der Waals surface area contributed by atoms with E-state index in [9.17, 15) is 4.39 Å². The third-order valence-corrected chi connectivity index (χ3v) is 4.52. The normalized spacial score (nSPS) is 12.7. The van der Waals surface area contributed by atoms with Gasteiger partial charge in [0.25, 0.3) is 0 Å². The van der Waals surface area contributed by atoms with Crippen LogP contribution in [0.15, 0.2) is 35.7 Å². The summed E-state index contributed by atoms with van der Waals surface area (Å²) in [5, 5.41) is 2.04. The fourth-order valence-electron chi connectivity index (χ4n) is 1.51. The van der Waals surface area contributed by atoms with Crippen molar-refractivity contribution < 1.29 is 4.39 Å². The summed E-state index contributed by atoms with van der Waals surface area (Å²) in [5.41, 5.74) is 2.10. The van der Waals surface area contributed by atoms with Gasteiger partial charge in [-0.25, -0.2) is 4.39 Å². The molecular formula is C12H10BrFS. The van der Waals surface area contributed by atoms with E-state index in [1.165, 1.54) is 10.9 Å². The van der Waals surface area contributed by atoms with Gasteiger partial charge in [0.15, 0.2) is 0 Å². The van der Waals surface area contributed by atoms with Crippen molar-refractivity contribution in [2.75, 3.05) is 0 Å². The second-order valence-electron chi connectivity index (χ2n) is 3.38. The molecule has 0 aliphatic heterocycles. The van der Waals surface area contributed by atoms with E-state index < -0.39 is 0 Å². The summed E-state index contributed by atoms with van der Waals surface area (Å²) in [7, 11) is 0. The van der Waals surface area contributed by atoms with E-state index in [1.54, 1.807) is 17.4 Å². The monoisotopic (exact) mass is 284 g/mol. The van der Waals surface area contributed by atoms with E-state index in [0.29, 0.717) is 0 Å². The summed E-state index contributed by atoms with van der Waals surface area (Å²) in [6.07, 6.45) is 0. The van der Waals surface area contributed by atoms with Crippen molar-refractivity contribution >= 4 is 27.3 Å². The van der Waals surface area contributed by atoms with Crippen LogP contribution < -0.4 is 0 Å². The second-order valence-corrected chi connectivity index (χ2v) is 5.27. The molecule has 0 bridgehead atoms. The van der Waals surface area contributed by atoms with Crippen LogP contribution in [-0.4, -0.2) is 0 Å². The number of alkyl halides is 1. The lowest BCUT2D eigenvalue weighted by Crippen LogP contribution is -1.94. The maximum Gasteiger partial charge on any atom is 0.123 e. The number of rotatable bonds is 2. The lowest BCUT2D eigenvalue weighted by atomic mass is 10.0. The van der Waals surface area contributed by atoms with E-state index in [2.05, 4.69) is 22.0 Å². The van der Waals surface area contributed by atoms with Crippen molar-refractivity contribution in [3.63, 3.8) is 0 Å². The molecule has 0 spiro atoms. The molecule has 2 aromatic rings. The number of thiophene rings is 1. The molecule has 0 amide bonds. The molecule has 3 heteroatoms. The first-order valence-electron chi connectivity index (χ1n) is 4.62. The fraction of sp³-hybridized carbons (Fsp3) is 0.167. The van der Waals surface area contributed by atoms with Crippen LogP contribution >= 0.6 is 27.3 Å². The van der Waals surface area contributed by atoms with Crippen molar-refractivity contribution in [1.29, 1.82) is 0 Å². The summed E-state index contributed by atoms with van der Waals surface area (Å²) in [5.74, 6) is -0.179. The predicted octanol–water partition coefficient (Wildman–Crippen LogP) is 4.68. The van der Waals surface area contributed by atoms with Crippen LogP contribution in [-0.2, 0) is 0 Å². The quantitative estimate of drug-likeness (QED) is 0.703. The van der Waals surface area contributed by atoms with Crippen molar-refractivity contribution in [3.8, 4) is 0 Å². The standard InChI is InChI=1S/C12H10BrFS/c1-8-7-9(14)4-5-10(8)12(13)11-3-2-6-15-11/h2-7,12H,1H3. The van der Waals surface area contributed by atoms with E-state index >= 15 is 0 Å². The molecule has 0 aliphatic rings. The minimum atomic E-state index is -0.179. The predicted molar refractivity (Wildman–Crippen MR) is 66.2 cm³/mol. The third kappa shape index (κ3) is 2.29. The average molecular weight is 285 g/mol. The first-order chi connectivity index (χ1) is 7.18. The molecule has 0 saturated heterocycles. The second kappa shape index (κ2) is 4.45. The van der Waals surface area contributed by atoms with Gasteiger partial charge in [0.1, 0.15) is 5.82 Å². The van der Waals surface area contributed by atoms with Gasteiger partial charge in [0, 0.05) is 4.88 Å². The molecule has 2 rings (SSSR count). The Morgan fingerprint density at radius 1 is 1.33 bits per heavy atom. The highest BCUT2D eigenvalue weighted by Gasteiger charge is 2.13. The topological polar surface area (TPSA) is 0 Å². The first kappa shape index (κ1) is 10.8. The van der Waals surface area contributed by atoms with Crippen LogP contribution in [0.2, 0.25) is 0 Å². The van der Waals surface area contributed by atoms with E-state index in [1.807, 2.05) is 24.4 Å². The number of benzene rings is 1. The van der Waals surface area contributed by atoms with Crippen LogP contribution in [0, 0.1) is 12.7 Å². The molecule has 15 heavy (non-hydrogen) atoms. The van der Waals surface area contributed by atoms with Gasteiger partial charge < -0.3 is 0 Å². The van der Waals surface area contributed by atoms with Gasteiger partial charge >= 0.3 is 0 Å².